The molecule has 8 nitrogen and oxygen atoms in total. The maximum Gasteiger partial charge on any atom is 0.249 e. The van der Waals surface area contributed by atoms with Gasteiger partial charge in [-0.05, 0) is 29.1 Å². The van der Waals surface area contributed by atoms with Gasteiger partial charge in [-0.2, -0.15) is 5.10 Å². The minimum absolute atomic E-state index is 0.293. The summed E-state index contributed by atoms with van der Waals surface area (Å²) in [7, 11) is 0. The zero-order valence-electron chi connectivity index (χ0n) is 20.2. The summed E-state index contributed by atoms with van der Waals surface area (Å²) in [6.45, 7) is 1.33. The summed E-state index contributed by atoms with van der Waals surface area (Å²) in [6, 6.07) is 13.8. The molecule has 0 bridgehead atoms. The first kappa shape index (κ1) is 22.7. The standard InChI is InChI=1S/C28H23F2N7O/c29-28(30)8-20(9-28)27(38)37-14-18-2-1-17(7-19(18)15-37)25-35-24-13-31-12-23(24)26(36-25)34-22-5-3-16(4-6-22)21-10-32-33-11-21/h1-7,10-11,14-15,20,31H,8-9,12-13H2,(H,32,33)(H,34,35,36). The summed E-state index contributed by atoms with van der Waals surface area (Å²) >= 11 is 0. The van der Waals surface area contributed by atoms with Gasteiger partial charge in [0.1, 0.15) is 5.82 Å². The van der Waals surface area contributed by atoms with Crippen LogP contribution in [0.5, 0.6) is 0 Å². The summed E-state index contributed by atoms with van der Waals surface area (Å²) in [5.74, 6) is -2.35. The molecule has 1 aliphatic heterocycles. The normalized spacial score (nSPS) is 16.4. The maximum absolute atomic E-state index is 13.3. The molecule has 190 valence electrons. The first-order chi connectivity index (χ1) is 18.4. The number of rotatable bonds is 5. The molecular weight excluding hydrogens is 488 g/mol. The molecule has 1 aliphatic carbocycles. The molecule has 3 N–H and O–H groups in total. The Morgan fingerprint density at radius 3 is 2.53 bits per heavy atom. The monoisotopic (exact) mass is 511 g/mol. The van der Waals surface area contributed by atoms with E-state index in [9.17, 15) is 13.6 Å². The minimum Gasteiger partial charge on any atom is -0.340 e. The van der Waals surface area contributed by atoms with Gasteiger partial charge in [0.2, 0.25) is 11.8 Å². The fourth-order valence-corrected chi connectivity index (χ4v) is 5.15. The lowest BCUT2D eigenvalue weighted by atomic mass is 9.81. The number of halogens is 2. The van der Waals surface area contributed by atoms with Crippen molar-refractivity contribution in [3.05, 3.63) is 78.5 Å². The van der Waals surface area contributed by atoms with E-state index in [0.29, 0.717) is 18.9 Å². The second-order valence-corrected chi connectivity index (χ2v) is 9.92. The van der Waals surface area contributed by atoms with Gasteiger partial charge in [0.25, 0.3) is 0 Å². The fraction of sp³-hybridized carbons (Fsp3) is 0.214. The van der Waals surface area contributed by atoms with Crippen molar-refractivity contribution in [2.24, 2.45) is 5.92 Å². The Morgan fingerprint density at radius 2 is 1.76 bits per heavy atom. The molecule has 2 aromatic carbocycles. The Morgan fingerprint density at radius 1 is 0.974 bits per heavy atom. The van der Waals surface area contributed by atoms with Gasteiger partial charge in [0, 0.05) is 72.3 Å². The average Bonchev–Trinajstić information content (AvgIpc) is 3.67. The van der Waals surface area contributed by atoms with E-state index in [1.54, 1.807) is 18.6 Å². The Bertz CT molecular complexity index is 1670. The topological polar surface area (TPSA) is 101 Å². The number of nitrogens with zero attached hydrogens (tertiary/aromatic N) is 4. The highest BCUT2D eigenvalue weighted by atomic mass is 19.3. The smallest absolute Gasteiger partial charge is 0.249 e. The first-order valence-corrected chi connectivity index (χ1v) is 12.4. The first-order valence-electron chi connectivity index (χ1n) is 12.4. The van der Waals surface area contributed by atoms with Crippen molar-refractivity contribution in [3.63, 3.8) is 0 Å². The summed E-state index contributed by atoms with van der Waals surface area (Å²) in [5, 5.41) is 15.3. The lowest BCUT2D eigenvalue weighted by Gasteiger charge is -2.33. The quantitative estimate of drug-likeness (QED) is 0.287. The molecule has 3 aromatic heterocycles. The molecule has 10 heteroatoms. The molecule has 0 saturated heterocycles. The van der Waals surface area contributed by atoms with Crippen LogP contribution in [0.4, 0.5) is 20.3 Å². The Hall–Kier alpha value is -4.44. The molecule has 0 amide bonds. The minimum atomic E-state index is -2.73. The molecule has 0 atom stereocenters. The second-order valence-electron chi connectivity index (χ2n) is 9.92. The van der Waals surface area contributed by atoms with E-state index in [1.165, 1.54) is 4.57 Å². The van der Waals surface area contributed by atoms with Gasteiger partial charge in [-0.1, -0.05) is 24.3 Å². The fourth-order valence-electron chi connectivity index (χ4n) is 5.15. The van der Waals surface area contributed by atoms with Crippen molar-refractivity contribution in [1.82, 2.24) is 30.0 Å². The number of carbonyl (C=O) groups is 1. The number of hydrogen-bond acceptors (Lipinski definition) is 6. The molecule has 1 saturated carbocycles. The molecule has 5 aromatic rings. The van der Waals surface area contributed by atoms with Crippen LogP contribution in [0.15, 0.2) is 67.3 Å². The summed E-state index contributed by atoms with van der Waals surface area (Å²) in [4.78, 5) is 22.3. The SMILES string of the molecule is O=C(C1CC(F)(F)C1)n1cc2ccc(-c3nc4c(c(Nc5ccc(-c6cn[nH]c6)cc5)n3)CNC4)cc2c1. The van der Waals surface area contributed by atoms with Gasteiger partial charge in [-0.15, -0.1) is 0 Å². The van der Waals surface area contributed by atoms with Gasteiger partial charge in [0.15, 0.2) is 5.82 Å². The van der Waals surface area contributed by atoms with Crippen LogP contribution in [0.1, 0.15) is 28.9 Å². The number of hydrogen-bond donors (Lipinski definition) is 3. The van der Waals surface area contributed by atoms with Crippen LogP contribution in [0, 0.1) is 5.92 Å². The molecule has 4 heterocycles. The number of H-pyrrole nitrogens is 1. The Kier molecular flexibility index (Phi) is 5.12. The number of aromatic amines is 1. The van der Waals surface area contributed by atoms with Crippen molar-refractivity contribution >= 4 is 28.2 Å². The van der Waals surface area contributed by atoms with Gasteiger partial charge in [0.05, 0.1) is 17.8 Å². The lowest BCUT2D eigenvalue weighted by Crippen LogP contribution is -2.41. The molecule has 38 heavy (non-hydrogen) atoms. The zero-order chi connectivity index (χ0) is 25.9. The van der Waals surface area contributed by atoms with Gasteiger partial charge >= 0.3 is 0 Å². The summed E-state index contributed by atoms with van der Waals surface area (Å²) < 4.78 is 28.0. The van der Waals surface area contributed by atoms with E-state index < -0.39 is 11.8 Å². The van der Waals surface area contributed by atoms with Crippen LogP contribution in [-0.4, -0.2) is 36.6 Å². The molecule has 0 spiro atoms. The van der Waals surface area contributed by atoms with Crippen LogP contribution in [0.25, 0.3) is 33.3 Å². The molecule has 0 unspecified atom stereocenters. The van der Waals surface area contributed by atoms with E-state index in [1.807, 2.05) is 48.7 Å². The average molecular weight is 512 g/mol. The lowest BCUT2D eigenvalue weighted by molar-refractivity contribution is -0.0999. The van der Waals surface area contributed by atoms with Crippen molar-refractivity contribution < 1.29 is 13.6 Å². The third-order valence-corrected chi connectivity index (χ3v) is 7.26. The summed E-state index contributed by atoms with van der Waals surface area (Å²) in [5.41, 5.74) is 5.76. The number of alkyl halides is 2. The maximum atomic E-state index is 13.3. The van der Waals surface area contributed by atoms with Crippen molar-refractivity contribution in [1.29, 1.82) is 0 Å². The van der Waals surface area contributed by atoms with Crippen LogP contribution in [-0.2, 0) is 13.1 Å². The van der Waals surface area contributed by atoms with Gasteiger partial charge in [-0.3, -0.25) is 14.5 Å². The Labute approximate surface area is 216 Å². The molecular formula is C28H23F2N7O. The third-order valence-electron chi connectivity index (χ3n) is 7.26. The number of benzene rings is 2. The second kappa shape index (κ2) is 8.56. The number of carbonyl (C=O) groups excluding carboxylic acids is 1. The highest BCUT2D eigenvalue weighted by Gasteiger charge is 2.49. The molecule has 2 aliphatic rings. The van der Waals surface area contributed by atoms with E-state index >= 15 is 0 Å². The van der Waals surface area contributed by atoms with E-state index in [4.69, 9.17) is 9.97 Å². The van der Waals surface area contributed by atoms with Crippen molar-refractivity contribution in [2.45, 2.75) is 31.9 Å². The van der Waals surface area contributed by atoms with E-state index in [-0.39, 0.29) is 18.7 Å². The Balaban J connectivity index is 1.18. The van der Waals surface area contributed by atoms with Crippen LogP contribution < -0.4 is 10.6 Å². The predicted octanol–water partition coefficient (Wildman–Crippen LogP) is 5.52. The summed E-state index contributed by atoms with van der Waals surface area (Å²) in [6.07, 6.45) is 6.27. The van der Waals surface area contributed by atoms with Crippen LogP contribution in [0.3, 0.4) is 0 Å². The molecule has 0 radical (unpaired) electrons. The highest BCUT2D eigenvalue weighted by Crippen LogP contribution is 2.43. The number of nitrogens with one attached hydrogen (secondary N) is 3. The number of aromatic nitrogens is 5. The highest BCUT2D eigenvalue weighted by molar-refractivity contribution is 5.92. The van der Waals surface area contributed by atoms with Crippen LogP contribution >= 0.6 is 0 Å². The van der Waals surface area contributed by atoms with Crippen molar-refractivity contribution in [3.8, 4) is 22.5 Å². The van der Waals surface area contributed by atoms with Crippen LogP contribution in [0.2, 0.25) is 0 Å². The molecule has 1 fully saturated rings. The van der Waals surface area contributed by atoms with Gasteiger partial charge < -0.3 is 10.6 Å². The zero-order valence-corrected chi connectivity index (χ0v) is 20.2. The predicted molar refractivity (Wildman–Crippen MR) is 139 cm³/mol. The van der Waals surface area contributed by atoms with E-state index in [2.05, 4.69) is 20.8 Å². The van der Waals surface area contributed by atoms with Crippen molar-refractivity contribution in [2.75, 3.05) is 5.32 Å². The van der Waals surface area contributed by atoms with Gasteiger partial charge in [-0.25, -0.2) is 18.7 Å². The third kappa shape index (κ3) is 4.03. The molecule has 7 rings (SSSR count). The largest absolute Gasteiger partial charge is 0.340 e. The number of fused-ring (bicyclic) bond motifs is 2. The number of anilines is 2. The van der Waals surface area contributed by atoms with E-state index in [0.717, 1.165) is 50.2 Å².